The van der Waals surface area contributed by atoms with Crippen molar-refractivity contribution in [1.29, 1.82) is 0 Å². The fourth-order valence-electron chi connectivity index (χ4n) is 1.92. The van der Waals surface area contributed by atoms with Crippen molar-refractivity contribution in [2.75, 3.05) is 33.2 Å². The Balaban J connectivity index is 2.06. The van der Waals surface area contributed by atoms with E-state index in [9.17, 15) is 19.3 Å². The normalized spacial score (nSPS) is 16.9. The summed E-state index contributed by atoms with van der Waals surface area (Å²) in [5, 5.41) is 12.4. The van der Waals surface area contributed by atoms with Crippen LogP contribution in [0, 0.1) is 15.9 Å². The molecule has 20 heavy (non-hydrogen) atoms. The summed E-state index contributed by atoms with van der Waals surface area (Å²) < 4.78 is 13.2. The van der Waals surface area contributed by atoms with E-state index in [0.29, 0.717) is 13.1 Å². The maximum Gasteiger partial charge on any atom is 0.305 e. The van der Waals surface area contributed by atoms with Crippen LogP contribution in [-0.2, 0) is 0 Å². The van der Waals surface area contributed by atoms with Crippen molar-refractivity contribution in [2.45, 2.75) is 0 Å². The highest BCUT2D eigenvalue weighted by molar-refractivity contribution is 5.94. The Kier molecular flexibility index (Phi) is 4.26. The first-order valence-corrected chi connectivity index (χ1v) is 6.16. The molecule has 0 atom stereocenters. The number of hydrogen-bond donors (Lipinski definition) is 1. The van der Waals surface area contributed by atoms with Crippen molar-refractivity contribution in [3.8, 4) is 0 Å². The maximum absolute atomic E-state index is 13.2. The molecule has 1 N–H and O–H groups in total. The van der Waals surface area contributed by atoms with Crippen molar-refractivity contribution in [2.24, 2.45) is 0 Å². The minimum atomic E-state index is -0.953. The van der Waals surface area contributed by atoms with Gasteiger partial charge in [-0.3, -0.25) is 20.3 Å². The van der Waals surface area contributed by atoms with E-state index in [-0.39, 0.29) is 5.56 Å². The van der Waals surface area contributed by atoms with Gasteiger partial charge in [0.1, 0.15) is 0 Å². The molecule has 1 heterocycles. The molecule has 1 saturated heterocycles. The number of carbonyl (C=O) groups excluding carboxylic acids is 1. The first kappa shape index (κ1) is 14.4. The van der Waals surface area contributed by atoms with Crippen LogP contribution in [0.1, 0.15) is 10.4 Å². The van der Waals surface area contributed by atoms with Crippen LogP contribution in [0.4, 0.5) is 10.1 Å². The van der Waals surface area contributed by atoms with Gasteiger partial charge in [-0.15, -0.1) is 0 Å². The molecule has 0 saturated carbocycles. The molecule has 1 aliphatic heterocycles. The summed E-state index contributed by atoms with van der Waals surface area (Å²) in [4.78, 5) is 23.9. The van der Waals surface area contributed by atoms with E-state index in [2.05, 4.69) is 10.3 Å². The first-order valence-electron chi connectivity index (χ1n) is 6.16. The lowest BCUT2D eigenvalue weighted by atomic mass is 10.2. The lowest BCUT2D eigenvalue weighted by molar-refractivity contribution is -0.387. The molecule has 1 fully saturated rings. The van der Waals surface area contributed by atoms with Gasteiger partial charge >= 0.3 is 5.69 Å². The number of rotatable bonds is 3. The van der Waals surface area contributed by atoms with Crippen LogP contribution >= 0.6 is 0 Å². The van der Waals surface area contributed by atoms with Gasteiger partial charge in [-0.2, -0.15) is 4.39 Å². The smallest absolute Gasteiger partial charge is 0.304 e. The minimum Gasteiger partial charge on any atom is -0.304 e. The third-order valence-corrected chi connectivity index (χ3v) is 3.17. The standard InChI is InChI=1S/C12H15FN4O3/c1-15-4-6-16(7-5-15)14-12(18)9-2-3-10(13)11(8-9)17(19)20/h2-3,8H,4-7H2,1H3,(H,14,18). The van der Waals surface area contributed by atoms with Gasteiger partial charge in [0.15, 0.2) is 0 Å². The Morgan fingerprint density at radius 3 is 2.60 bits per heavy atom. The van der Waals surface area contributed by atoms with Gasteiger partial charge in [0.2, 0.25) is 5.82 Å². The summed E-state index contributed by atoms with van der Waals surface area (Å²) >= 11 is 0. The number of nitrogens with zero attached hydrogens (tertiary/aromatic N) is 3. The van der Waals surface area contributed by atoms with E-state index in [1.165, 1.54) is 6.07 Å². The molecule has 0 radical (unpaired) electrons. The van der Waals surface area contributed by atoms with E-state index in [0.717, 1.165) is 25.2 Å². The molecule has 108 valence electrons. The van der Waals surface area contributed by atoms with Gasteiger partial charge in [-0.1, -0.05) is 0 Å². The third kappa shape index (κ3) is 3.28. The molecule has 0 aliphatic carbocycles. The van der Waals surface area contributed by atoms with Crippen LogP contribution < -0.4 is 5.43 Å². The first-order chi connectivity index (χ1) is 9.47. The van der Waals surface area contributed by atoms with E-state index in [1.807, 2.05) is 7.05 Å². The Morgan fingerprint density at radius 2 is 2.00 bits per heavy atom. The second kappa shape index (κ2) is 5.93. The number of nitrogens with one attached hydrogen (secondary N) is 1. The second-order valence-corrected chi connectivity index (χ2v) is 4.65. The summed E-state index contributed by atoms with van der Waals surface area (Å²) in [7, 11) is 1.99. The highest BCUT2D eigenvalue weighted by atomic mass is 19.1. The molecule has 1 aliphatic rings. The van der Waals surface area contributed by atoms with Crippen molar-refractivity contribution in [1.82, 2.24) is 15.3 Å². The van der Waals surface area contributed by atoms with Crippen LogP contribution in [0.25, 0.3) is 0 Å². The third-order valence-electron chi connectivity index (χ3n) is 3.17. The number of benzene rings is 1. The lowest BCUT2D eigenvalue weighted by Crippen LogP contribution is -2.52. The Labute approximate surface area is 115 Å². The summed E-state index contributed by atoms with van der Waals surface area (Å²) in [5.41, 5.74) is 2.03. The molecule has 1 aromatic carbocycles. The van der Waals surface area contributed by atoms with Crippen LogP contribution in [0.5, 0.6) is 0 Å². The predicted molar refractivity (Wildman–Crippen MR) is 69.6 cm³/mol. The molecule has 2 rings (SSSR count). The molecular weight excluding hydrogens is 267 g/mol. The van der Waals surface area contributed by atoms with Crippen molar-refractivity contribution in [3.05, 3.63) is 39.7 Å². The topological polar surface area (TPSA) is 78.7 Å². The maximum atomic E-state index is 13.2. The van der Waals surface area contributed by atoms with Gasteiger partial charge in [-0.25, -0.2) is 5.01 Å². The zero-order valence-corrected chi connectivity index (χ0v) is 11.0. The number of likely N-dealkylation sites (N-methyl/N-ethyl adjacent to an activating group) is 1. The highest BCUT2D eigenvalue weighted by Gasteiger charge is 2.20. The molecule has 1 amide bonds. The van der Waals surface area contributed by atoms with Gasteiger partial charge in [0.05, 0.1) is 4.92 Å². The largest absolute Gasteiger partial charge is 0.305 e. The minimum absolute atomic E-state index is 0.0667. The zero-order valence-electron chi connectivity index (χ0n) is 11.0. The molecule has 8 heteroatoms. The summed E-state index contributed by atoms with van der Waals surface area (Å²) in [5.74, 6) is -1.43. The van der Waals surface area contributed by atoms with Crippen LogP contribution in [0.15, 0.2) is 18.2 Å². The van der Waals surface area contributed by atoms with Crippen molar-refractivity contribution >= 4 is 11.6 Å². The average Bonchev–Trinajstić information content (AvgIpc) is 2.41. The quantitative estimate of drug-likeness (QED) is 0.649. The van der Waals surface area contributed by atoms with Gasteiger partial charge < -0.3 is 4.90 Å². The number of hydrogen-bond acceptors (Lipinski definition) is 5. The summed E-state index contributed by atoms with van der Waals surface area (Å²) in [6, 6.07) is 3.10. The highest BCUT2D eigenvalue weighted by Crippen LogP contribution is 2.18. The molecule has 7 nitrogen and oxygen atoms in total. The number of carbonyl (C=O) groups is 1. The number of halogens is 1. The molecular formula is C12H15FN4O3. The van der Waals surface area contributed by atoms with Crippen LogP contribution in [0.2, 0.25) is 0 Å². The predicted octanol–water partition coefficient (Wildman–Crippen LogP) is 0.626. The summed E-state index contributed by atoms with van der Waals surface area (Å²) in [6.45, 7) is 2.99. The Bertz CT molecular complexity index is 529. The second-order valence-electron chi connectivity index (χ2n) is 4.65. The number of piperazine rings is 1. The average molecular weight is 282 g/mol. The van der Waals surface area contributed by atoms with E-state index in [4.69, 9.17) is 0 Å². The van der Waals surface area contributed by atoms with E-state index >= 15 is 0 Å². The lowest BCUT2D eigenvalue weighted by Gasteiger charge is -2.32. The fraction of sp³-hybridized carbons (Fsp3) is 0.417. The van der Waals surface area contributed by atoms with E-state index < -0.39 is 22.3 Å². The number of nitro benzene ring substituents is 1. The fourth-order valence-corrected chi connectivity index (χ4v) is 1.92. The van der Waals surface area contributed by atoms with Gasteiger partial charge in [-0.05, 0) is 19.2 Å². The Morgan fingerprint density at radius 1 is 1.35 bits per heavy atom. The summed E-state index contributed by atoms with van der Waals surface area (Å²) in [6.07, 6.45) is 0. The molecule has 0 unspecified atom stereocenters. The number of hydrazine groups is 1. The molecule has 0 bridgehead atoms. The van der Waals surface area contributed by atoms with E-state index in [1.54, 1.807) is 5.01 Å². The van der Waals surface area contributed by atoms with Crippen molar-refractivity contribution < 1.29 is 14.1 Å². The van der Waals surface area contributed by atoms with Crippen LogP contribution in [0.3, 0.4) is 0 Å². The Hall–Kier alpha value is -2.06. The monoisotopic (exact) mass is 282 g/mol. The van der Waals surface area contributed by atoms with Crippen molar-refractivity contribution in [3.63, 3.8) is 0 Å². The number of nitro groups is 1. The molecule has 0 aromatic heterocycles. The molecule has 1 aromatic rings. The zero-order chi connectivity index (χ0) is 14.7. The SMILES string of the molecule is CN1CCN(NC(=O)c2ccc(F)c([N+](=O)[O-])c2)CC1. The van der Waals surface area contributed by atoms with Gasteiger partial charge in [0, 0.05) is 37.8 Å². The van der Waals surface area contributed by atoms with Gasteiger partial charge in [0.25, 0.3) is 5.91 Å². The number of amides is 1. The van der Waals surface area contributed by atoms with Crippen LogP contribution in [-0.4, -0.2) is 54.0 Å². The molecule has 0 spiro atoms.